The fourth-order valence-corrected chi connectivity index (χ4v) is 4.96. The van der Waals surface area contributed by atoms with E-state index >= 15 is 0 Å². The molecular formula is C27H37NO5. The van der Waals surface area contributed by atoms with Crippen LogP contribution in [0.25, 0.3) is 0 Å². The minimum atomic E-state index is -0.737. The molecule has 2 aromatic carbocycles. The summed E-state index contributed by atoms with van der Waals surface area (Å²) >= 11 is 0. The molecule has 2 aliphatic heterocycles. The molecule has 0 saturated carbocycles. The number of nitrogens with zero attached hydrogens (tertiary/aromatic N) is 1. The minimum Gasteiger partial charge on any atom is -0.491 e. The number of aliphatic hydroxyl groups is 2. The van der Waals surface area contributed by atoms with Crippen LogP contribution in [0, 0.1) is 0 Å². The number of likely N-dealkylation sites (tertiary alicyclic amines) is 1. The number of aliphatic hydroxyl groups excluding tert-OH is 2. The first-order valence-corrected chi connectivity index (χ1v) is 12.1. The van der Waals surface area contributed by atoms with Crippen LogP contribution in [0.5, 0.6) is 11.5 Å². The molecule has 0 radical (unpaired) electrons. The normalized spacial score (nSPS) is 21.2. The van der Waals surface area contributed by atoms with Gasteiger partial charge in [-0.3, -0.25) is 4.90 Å². The van der Waals surface area contributed by atoms with Gasteiger partial charge in [0, 0.05) is 43.5 Å². The number of ether oxygens (including phenoxy) is 3. The molecular weight excluding hydrogens is 418 g/mol. The summed E-state index contributed by atoms with van der Waals surface area (Å²) in [4.78, 5) is 2.08. The molecule has 2 N–H and O–H groups in total. The lowest BCUT2D eigenvalue weighted by molar-refractivity contribution is -0.109. The standard InChI is InChI=1S/C27H37NO5/c1-18(2)31-23-10-9-20(15-21(23)17-29)26(30)28-13-11-27(12-14-28)16-25(32-19(3)4)22-7-5-6-8-24(22)33-27/h5-10,15,18-19,25-26,29-30H,11-14,16-17H2,1-4H3/t25-,26?/m0/s1. The molecule has 1 saturated heterocycles. The summed E-state index contributed by atoms with van der Waals surface area (Å²) in [6, 6.07) is 13.7. The molecule has 33 heavy (non-hydrogen) atoms. The maximum Gasteiger partial charge on any atom is 0.133 e. The molecule has 0 bridgehead atoms. The second-order valence-corrected chi connectivity index (χ2v) is 9.80. The molecule has 6 heteroatoms. The molecule has 1 spiro atoms. The quantitative estimate of drug-likeness (QED) is 0.628. The average molecular weight is 456 g/mol. The van der Waals surface area contributed by atoms with E-state index < -0.39 is 6.23 Å². The summed E-state index contributed by atoms with van der Waals surface area (Å²) in [6.07, 6.45) is 1.90. The lowest BCUT2D eigenvalue weighted by Gasteiger charge is -2.47. The molecule has 0 aromatic heterocycles. The van der Waals surface area contributed by atoms with Crippen LogP contribution >= 0.6 is 0 Å². The molecule has 2 aliphatic rings. The Balaban J connectivity index is 1.46. The maximum atomic E-state index is 11.1. The summed E-state index contributed by atoms with van der Waals surface area (Å²) in [5, 5.41) is 20.9. The van der Waals surface area contributed by atoms with E-state index in [9.17, 15) is 10.2 Å². The molecule has 2 heterocycles. The first-order valence-electron chi connectivity index (χ1n) is 12.1. The van der Waals surface area contributed by atoms with E-state index in [4.69, 9.17) is 14.2 Å². The Morgan fingerprint density at radius 1 is 1.06 bits per heavy atom. The zero-order valence-corrected chi connectivity index (χ0v) is 20.2. The number of piperidine rings is 1. The Bertz CT molecular complexity index is 936. The van der Waals surface area contributed by atoms with Gasteiger partial charge < -0.3 is 24.4 Å². The molecule has 1 unspecified atom stereocenters. The van der Waals surface area contributed by atoms with E-state index in [0.29, 0.717) is 11.3 Å². The highest BCUT2D eigenvalue weighted by Crippen LogP contribution is 2.46. The van der Waals surface area contributed by atoms with Crippen molar-refractivity contribution in [1.82, 2.24) is 4.90 Å². The van der Waals surface area contributed by atoms with Gasteiger partial charge in [0.15, 0.2) is 0 Å². The van der Waals surface area contributed by atoms with E-state index in [1.54, 1.807) is 0 Å². The van der Waals surface area contributed by atoms with Crippen molar-refractivity contribution in [3.8, 4) is 11.5 Å². The van der Waals surface area contributed by atoms with Gasteiger partial charge in [-0.2, -0.15) is 0 Å². The molecule has 0 amide bonds. The Kier molecular flexibility index (Phi) is 7.29. The number of hydrogen-bond acceptors (Lipinski definition) is 6. The summed E-state index contributed by atoms with van der Waals surface area (Å²) < 4.78 is 18.6. The van der Waals surface area contributed by atoms with Gasteiger partial charge in [-0.25, -0.2) is 0 Å². The third kappa shape index (κ3) is 5.35. The van der Waals surface area contributed by atoms with E-state index in [2.05, 4.69) is 24.8 Å². The molecule has 180 valence electrons. The van der Waals surface area contributed by atoms with Crippen molar-refractivity contribution < 1.29 is 24.4 Å². The number of fused-ring (bicyclic) bond motifs is 1. The van der Waals surface area contributed by atoms with Gasteiger partial charge in [-0.05, 0) is 51.5 Å². The van der Waals surface area contributed by atoms with Crippen LogP contribution in [-0.4, -0.2) is 46.0 Å². The first kappa shape index (κ1) is 24.0. The molecule has 6 nitrogen and oxygen atoms in total. The zero-order chi connectivity index (χ0) is 23.6. The second-order valence-electron chi connectivity index (χ2n) is 9.80. The van der Waals surface area contributed by atoms with Gasteiger partial charge >= 0.3 is 0 Å². The summed E-state index contributed by atoms with van der Waals surface area (Å²) in [6.45, 7) is 9.36. The largest absolute Gasteiger partial charge is 0.491 e. The third-order valence-electron chi connectivity index (χ3n) is 6.56. The SMILES string of the molecule is CC(C)Oc1ccc(C(O)N2CCC3(CC2)C[C@H](OC(C)C)c2ccccc2O3)cc1CO. The molecule has 0 aliphatic carbocycles. The van der Waals surface area contributed by atoms with Crippen molar-refractivity contribution >= 4 is 0 Å². The number of hydrogen-bond donors (Lipinski definition) is 2. The first-order chi connectivity index (χ1) is 15.8. The van der Waals surface area contributed by atoms with Crippen molar-refractivity contribution in [2.45, 2.75) is 83.7 Å². The van der Waals surface area contributed by atoms with Crippen molar-refractivity contribution in [2.75, 3.05) is 13.1 Å². The van der Waals surface area contributed by atoms with E-state index in [1.165, 1.54) is 0 Å². The Morgan fingerprint density at radius 2 is 1.79 bits per heavy atom. The predicted molar refractivity (Wildman–Crippen MR) is 127 cm³/mol. The minimum absolute atomic E-state index is 0.0204. The van der Waals surface area contributed by atoms with Crippen LogP contribution in [0.4, 0.5) is 0 Å². The maximum absolute atomic E-state index is 11.1. The van der Waals surface area contributed by atoms with Gasteiger partial charge in [0.05, 0.1) is 24.9 Å². The molecule has 2 aromatic rings. The van der Waals surface area contributed by atoms with Crippen molar-refractivity contribution in [2.24, 2.45) is 0 Å². The Morgan fingerprint density at radius 3 is 2.45 bits per heavy atom. The lowest BCUT2D eigenvalue weighted by Crippen LogP contribution is -2.51. The van der Waals surface area contributed by atoms with E-state index in [1.807, 2.05) is 50.2 Å². The van der Waals surface area contributed by atoms with Crippen LogP contribution < -0.4 is 9.47 Å². The van der Waals surface area contributed by atoms with E-state index in [0.717, 1.165) is 49.2 Å². The number of benzene rings is 2. The fraction of sp³-hybridized carbons (Fsp3) is 0.556. The zero-order valence-electron chi connectivity index (χ0n) is 20.2. The molecule has 2 atom stereocenters. The third-order valence-corrected chi connectivity index (χ3v) is 6.56. The van der Waals surface area contributed by atoms with Crippen LogP contribution in [0.3, 0.4) is 0 Å². The van der Waals surface area contributed by atoms with Gasteiger partial charge in [0.2, 0.25) is 0 Å². The van der Waals surface area contributed by atoms with Gasteiger partial charge in [0.25, 0.3) is 0 Å². The van der Waals surface area contributed by atoms with Crippen molar-refractivity contribution in [1.29, 1.82) is 0 Å². The van der Waals surface area contributed by atoms with Gasteiger partial charge in [-0.15, -0.1) is 0 Å². The Hall–Kier alpha value is -2.12. The highest BCUT2D eigenvalue weighted by Gasteiger charge is 2.44. The smallest absolute Gasteiger partial charge is 0.133 e. The van der Waals surface area contributed by atoms with Crippen LogP contribution in [-0.2, 0) is 11.3 Å². The van der Waals surface area contributed by atoms with Gasteiger partial charge in [-0.1, -0.05) is 24.3 Å². The predicted octanol–water partition coefficient (Wildman–Crippen LogP) is 4.74. The van der Waals surface area contributed by atoms with E-state index in [-0.39, 0.29) is 30.5 Å². The highest BCUT2D eigenvalue weighted by molar-refractivity contribution is 5.39. The molecule has 1 fully saturated rings. The number of para-hydroxylation sites is 1. The summed E-state index contributed by atoms with van der Waals surface area (Å²) in [7, 11) is 0. The Labute approximate surface area is 197 Å². The number of rotatable bonds is 7. The van der Waals surface area contributed by atoms with Crippen LogP contribution in [0.15, 0.2) is 42.5 Å². The van der Waals surface area contributed by atoms with Crippen LogP contribution in [0.1, 0.15) is 76.0 Å². The average Bonchev–Trinajstić information content (AvgIpc) is 2.78. The molecule has 4 rings (SSSR count). The van der Waals surface area contributed by atoms with Gasteiger partial charge in [0.1, 0.15) is 23.3 Å². The van der Waals surface area contributed by atoms with Crippen LogP contribution in [0.2, 0.25) is 0 Å². The summed E-state index contributed by atoms with van der Waals surface area (Å²) in [5.41, 5.74) is 2.30. The fourth-order valence-electron chi connectivity index (χ4n) is 4.96. The monoisotopic (exact) mass is 455 g/mol. The lowest BCUT2D eigenvalue weighted by atomic mass is 9.81. The second kappa shape index (κ2) is 10.0. The van der Waals surface area contributed by atoms with Crippen molar-refractivity contribution in [3.05, 3.63) is 59.2 Å². The topological polar surface area (TPSA) is 71.4 Å². The highest BCUT2D eigenvalue weighted by atomic mass is 16.5. The summed E-state index contributed by atoms with van der Waals surface area (Å²) in [5.74, 6) is 1.57. The van der Waals surface area contributed by atoms with Crippen molar-refractivity contribution in [3.63, 3.8) is 0 Å².